The minimum Gasteiger partial charge on any atom is -0.396 e. The quantitative estimate of drug-likeness (QED) is 0.541. The summed E-state index contributed by atoms with van der Waals surface area (Å²) in [5.41, 5.74) is 1.96. The molecule has 0 unspecified atom stereocenters. The smallest absolute Gasteiger partial charge is 0.260 e. The van der Waals surface area contributed by atoms with Gasteiger partial charge in [0, 0.05) is 55.9 Å². The number of hydrogen-bond acceptors (Lipinski definition) is 7. The summed E-state index contributed by atoms with van der Waals surface area (Å²) in [5.74, 6) is -1.64. The van der Waals surface area contributed by atoms with Crippen molar-refractivity contribution in [1.29, 1.82) is 0 Å². The van der Waals surface area contributed by atoms with E-state index in [-0.39, 0.29) is 44.4 Å². The highest BCUT2D eigenvalue weighted by atomic mass is 32.2. The van der Waals surface area contributed by atoms with Crippen molar-refractivity contribution in [3.05, 3.63) is 36.0 Å². The molecule has 1 spiro atoms. The van der Waals surface area contributed by atoms with Crippen molar-refractivity contribution in [3.8, 4) is 0 Å². The number of carbonyl (C=O) groups excluding carboxylic acids is 1. The summed E-state index contributed by atoms with van der Waals surface area (Å²) in [6.45, 7) is 2.35. The lowest BCUT2D eigenvalue weighted by atomic mass is 9.93. The summed E-state index contributed by atoms with van der Waals surface area (Å²) in [5, 5.41) is 12.0. The number of aliphatic hydroxyl groups excluding tert-OH is 1. The van der Waals surface area contributed by atoms with Crippen LogP contribution >= 0.6 is 11.8 Å². The zero-order valence-corrected chi connectivity index (χ0v) is 20.5. The molecule has 1 aromatic heterocycles. The van der Waals surface area contributed by atoms with Crippen molar-refractivity contribution in [2.45, 2.75) is 49.3 Å². The number of rotatable bonds is 7. The van der Waals surface area contributed by atoms with E-state index in [2.05, 4.69) is 20.2 Å². The van der Waals surface area contributed by atoms with E-state index < -0.39 is 5.92 Å². The van der Waals surface area contributed by atoms with Gasteiger partial charge in [-0.1, -0.05) is 0 Å². The van der Waals surface area contributed by atoms with Crippen LogP contribution in [0.3, 0.4) is 0 Å². The van der Waals surface area contributed by atoms with Gasteiger partial charge in [0.25, 0.3) is 11.8 Å². The predicted molar refractivity (Wildman–Crippen MR) is 134 cm³/mol. The van der Waals surface area contributed by atoms with E-state index in [1.54, 1.807) is 28.9 Å². The highest BCUT2D eigenvalue weighted by molar-refractivity contribution is 7.99. The molecule has 2 aromatic rings. The van der Waals surface area contributed by atoms with Crippen molar-refractivity contribution in [3.63, 3.8) is 0 Å². The van der Waals surface area contributed by atoms with Crippen LogP contribution in [0.15, 0.2) is 35.4 Å². The highest BCUT2D eigenvalue weighted by Crippen LogP contribution is 2.54. The molecule has 7 nitrogen and oxygen atoms in total. The molecule has 2 saturated heterocycles. The van der Waals surface area contributed by atoms with Gasteiger partial charge in [-0.05, 0) is 55.4 Å². The largest absolute Gasteiger partial charge is 0.396 e. The van der Waals surface area contributed by atoms with Gasteiger partial charge in [0.2, 0.25) is 5.95 Å². The number of halogens is 2. The zero-order chi connectivity index (χ0) is 24.5. The zero-order valence-electron chi connectivity index (χ0n) is 19.7. The van der Waals surface area contributed by atoms with Crippen LogP contribution in [0.4, 0.5) is 26.2 Å². The van der Waals surface area contributed by atoms with E-state index >= 15 is 0 Å². The van der Waals surface area contributed by atoms with E-state index in [1.807, 2.05) is 18.2 Å². The lowest BCUT2D eigenvalue weighted by molar-refractivity contribution is -0.0221. The average molecular weight is 504 g/mol. The number of carbonyl (C=O) groups is 1. The van der Waals surface area contributed by atoms with Gasteiger partial charge in [-0.3, -0.25) is 10.1 Å². The number of hydrogen-bond donors (Lipinski definition) is 2. The molecule has 1 aliphatic carbocycles. The molecule has 0 atom stereocenters. The molecule has 0 bridgehead atoms. The van der Waals surface area contributed by atoms with Gasteiger partial charge in [0.05, 0.1) is 17.9 Å². The molecule has 3 aliphatic rings. The van der Waals surface area contributed by atoms with Gasteiger partial charge in [-0.15, -0.1) is 11.8 Å². The number of anilines is 3. The first kappa shape index (κ1) is 24.2. The summed E-state index contributed by atoms with van der Waals surface area (Å²) < 4.78 is 27.1. The number of aliphatic hydroxyl groups is 1. The molecular weight excluding hydrogens is 472 g/mol. The van der Waals surface area contributed by atoms with Crippen molar-refractivity contribution in [2.24, 2.45) is 5.41 Å². The fourth-order valence-electron chi connectivity index (χ4n) is 4.93. The predicted octanol–water partition coefficient (Wildman–Crippen LogP) is 4.43. The first-order chi connectivity index (χ1) is 16.9. The SMILES string of the molecule is O=C(Nc1nccc(N2CCC(F)(F)CC2)n1)c1ccc(SCCO)cc1N1CCC2(CC1)CC2. The highest BCUT2D eigenvalue weighted by Gasteiger charge is 2.44. The van der Waals surface area contributed by atoms with E-state index in [9.17, 15) is 18.7 Å². The third kappa shape index (κ3) is 5.69. The Morgan fingerprint density at radius 2 is 1.74 bits per heavy atom. The number of amides is 1. The number of thioether (sulfide) groups is 1. The van der Waals surface area contributed by atoms with Crippen molar-refractivity contribution in [2.75, 3.05) is 53.7 Å². The van der Waals surface area contributed by atoms with Gasteiger partial charge < -0.3 is 14.9 Å². The summed E-state index contributed by atoms with van der Waals surface area (Å²) in [4.78, 5) is 27.1. The number of nitrogens with zero attached hydrogens (tertiary/aromatic N) is 4. The molecule has 3 heterocycles. The first-order valence-corrected chi connectivity index (χ1v) is 13.2. The van der Waals surface area contributed by atoms with E-state index in [1.165, 1.54) is 12.8 Å². The number of benzene rings is 1. The molecule has 1 aromatic carbocycles. The van der Waals surface area contributed by atoms with Crippen molar-refractivity contribution < 1.29 is 18.7 Å². The van der Waals surface area contributed by atoms with Crippen LogP contribution < -0.4 is 15.1 Å². The van der Waals surface area contributed by atoms with Gasteiger partial charge in [0.1, 0.15) is 5.82 Å². The van der Waals surface area contributed by atoms with Crippen LogP contribution in [0.1, 0.15) is 48.9 Å². The normalized spacial score (nSPS) is 20.7. The van der Waals surface area contributed by atoms with Gasteiger partial charge in [-0.2, -0.15) is 4.98 Å². The lowest BCUT2D eigenvalue weighted by Crippen LogP contribution is -2.39. The molecule has 0 radical (unpaired) electrons. The Bertz CT molecular complexity index is 1060. The minimum atomic E-state index is -2.63. The summed E-state index contributed by atoms with van der Waals surface area (Å²) in [7, 11) is 0. The topological polar surface area (TPSA) is 81.6 Å². The number of nitrogens with one attached hydrogen (secondary N) is 1. The maximum Gasteiger partial charge on any atom is 0.260 e. The van der Waals surface area contributed by atoms with E-state index in [0.29, 0.717) is 22.5 Å². The number of aromatic nitrogens is 2. The Kier molecular flexibility index (Phi) is 6.85. The van der Waals surface area contributed by atoms with Crippen LogP contribution in [0.25, 0.3) is 0 Å². The third-order valence-corrected chi connectivity index (χ3v) is 8.35. The molecule has 3 fully saturated rings. The van der Waals surface area contributed by atoms with Crippen LogP contribution in [-0.2, 0) is 0 Å². The monoisotopic (exact) mass is 503 g/mol. The average Bonchev–Trinajstić information content (AvgIpc) is 3.61. The van der Waals surface area contributed by atoms with Crippen molar-refractivity contribution >= 4 is 35.1 Å². The second kappa shape index (κ2) is 9.89. The molecule has 1 amide bonds. The van der Waals surface area contributed by atoms with Crippen molar-refractivity contribution in [1.82, 2.24) is 9.97 Å². The Morgan fingerprint density at radius 1 is 1.03 bits per heavy atom. The summed E-state index contributed by atoms with van der Waals surface area (Å²) in [6.07, 6.45) is 6.02. The Morgan fingerprint density at radius 3 is 2.43 bits per heavy atom. The first-order valence-electron chi connectivity index (χ1n) is 12.3. The molecule has 1 saturated carbocycles. The van der Waals surface area contributed by atoms with Gasteiger partial charge >= 0.3 is 0 Å². The molecule has 35 heavy (non-hydrogen) atoms. The Balaban J connectivity index is 1.33. The maximum atomic E-state index is 13.5. The molecule has 2 aliphatic heterocycles. The van der Waals surface area contributed by atoms with E-state index in [4.69, 9.17) is 0 Å². The Hall–Kier alpha value is -2.46. The van der Waals surface area contributed by atoms with Crippen LogP contribution in [-0.4, -0.2) is 65.4 Å². The molecule has 188 valence electrons. The molecular formula is C25H31F2N5O2S. The van der Waals surface area contributed by atoms with Crippen LogP contribution in [0, 0.1) is 5.41 Å². The molecule has 10 heteroatoms. The fourth-order valence-corrected chi connectivity index (χ4v) is 5.62. The number of alkyl halides is 2. The van der Waals surface area contributed by atoms with E-state index in [0.717, 1.165) is 36.5 Å². The standard InChI is InChI=1S/C25H31F2N5O2S/c26-25(27)8-13-32(14-9-25)21-3-10-28-23(29-21)30-22(34)19-2-1-18(35-16-15-33)17-20(19)31-11-6-24(4-5-24)7-12-31/h1-3,10,17,33H,4-9,11-16H2,(H,28,29,30,34). The van der Waals surface area contributed by atoms with Gasteiger partial charge in [0.15, 0.2) is 0 Å². The lowest BCUT2D eigenvalue weighted by Gasteiger charge is -2.35. The molecule has 5 rings (SSSR count). The second-order valence-corrected chi connectivity index (χ2v) is 10.9. The fraction of sp³-hybridized carbons (Fsp3) is 0.560. The summed E-state index contributed by atoms with van der Waals surface area (Å²) >= 11 is 1.56. The van der Waals surface area contributed by atoms with Crippen LogP contribution in [0.5, 0.6) is 0 Å². The second-order valence-electron chi connectivity index (χ2n) is 9.77. The van der Waals surface area contributed by atoms with Gasteiger partial charge in [-0.25, -0.2) is 13.8 Å². The Labute approximate surface area is 208 Å². The molecule has 2 N–H and O–H groups in total. The summed E-state index contributed by atoms with van der Waals surface area (Å²) in [6, 6.07) is 7.43. The number of piperidine rings is 2. The minimum absolute atomic E-state index is 0.0941. The maximum absolute atomic E-state index is 13.5. The van der Waals surface area contributed by atoms with Crippen LogP contribution in [0.2, 0.25) is 0 Å². The third-order valence-electron chi connectivity index (χ3n) is 7.38.